The average Bonchev–Trinajstić information content (AvgIpc) is 2.20. The Morgan fingerprint density at radius 1 is 1.14 bits per heavy atom. The highest BCUT2D eigenvalue weighted by atomic mass is 32.3. The average molecular weight is 343 g/mol. The van der Waals surface area contributed by atoms with Crippen LogP contribution in [-0.2, 0) is 35.2 Å². The molecule has 0 aromatic heterocycles. The third-order valence-corrected chi connectivity index (χ3v) is 5.33. The minimum atomic E-state index is -4.13. The predicted molar refractivity (Wildman–Crippen MR) is 76.5 cm³/mol. The van der Waals surface area contributed by atoms with E-state index in [0.29, 0.717) is 6.26 Å². The van der Waals surface area contributed by atoms with Crippen LogP contribution in [0, 0.1) is 5.41 Å². The molecule has 0 aliphatic rings. The standard InChI is InChI=1S/C11H21NO7S2/c1-8(13)11(5,9(14)19-10(2,3)4)7-12(20(15)16)21(6,17)18/h20H,7H2,1-6H3. The normalized spacial score (nSPS) is 15.8. The van der Waals surface area contributed by atoms with Gasteiger partial charge in [0.1, 0.15) is 16.8 Å². The van der Waals surface area contributed by atoms with Crippen LogP contribution in [0.3, 0.4) is 0 Å². The first-order valence-electron chi connectivity index (χ1n) is 5.98. The zero-order valence-electron chi connectivity index (χ0n) is 12.9. The number of esters is 1. The fraction of sp³-hybridized carbons (Fsp3) is 0.818. The highest BCUT2D eigenvalue weighted by Gasteiger charge is 2.45. The number of rotatable bonds is 6. The Kier molecular flexibility index (Phi) is 6.10. The monoisotopic (exact) mass is 343 g/mol. The summed E-state index contributed by atoms with van der Waals surface area (Å²) in [5.74, 6) is -1.67. The molecular weight excluding hydrogens is 322 g/mol. The van der Waals surface area contributed by atoms with Gasteiger partial charge in [0.05, 0.1) is 12.8 Å². The van der Waals surface area contributed by atoms with Crippen molar-refractivity contribution in [3.05, 3.63) is 0 Å². The molecule has 0 radical (unpaired) electrons. The van der Waals surface area contributed by atoms with E-state index in [9.17, 15) is 26.4 Å². The Bertz CT molecular complexity index is 593. The summed E-state index contributed by atoms with van der Waals surface area (Å²) in [7, 11) is -7.64. The maximum absolute atomic E-state index is 12.1. The van der Waals surface area contributed by atoms with Gasteiger partial charge < -0.3 is 4.74 Å². The SMILES string of the molecule is CC(=O)C(C)(CN([SH](=O)=O)S(C)(=O)=O)C(=O)OC(C)(C)C. The molecule has 0 aromatic carbocycles. The van der Waals surface area contributed by atoms with Crippen LogP contribution in [0.5, 0.6) is 0 Å². The lowest BCUT2D eigenvalue weighted by atomic mass is 9.86. The van der Waals surface area contributed by atoms with E-state index in [0.717, 1.165) is 13.8 Å². The number of hydrogen-bond donors (Lipinski definition) is 1. The van der Waals surface area contributed by atoms with Crippen LogP contribution in [0.1, 0.15) is 34.6 Å². The number of ketones is 1. The summed E-state index contributed by atoms with van der Waals surface area (Å²) in [6, 6.07) is 0. The molecule has 0 aliphatic carbocycles. The van der Waals surface area contributed by atoms with Crippen molar-refractivity contribution in [3.8, 4) is 0 Å². The van der Waals surface area contributed by atoms with E-state index in [4.69, 9.17) is 4.74 Å². The minimum Gasteiger partial charge on any atom is -0.459 e. The summed E-state index contributed by atoms with van der Waals surface area (Å²) in [6.45, 7) is 6.13. The second kappa shape index (κ2) is 6.41. The Labute approximate surface area is 126 Å². The first-order chi connectivity index (χ1) is 9.11. The zero-order chi connectivity index (χ0) is 17.2. The van der Waals surface area contributed by atoms with Gasteiger partial charge in [-0.15, -0.1) is 0 Å². The molecule has 0 amide bonds. The number of carbonyl (C=O) groups excluding carboxylic acids is 2. The smallest absolute Gasteiger partial charge is 0.321 e. The molecule has 0 fully saturated rings. The fourth-order valence-corrected chi connectivity index (χ4v) is 3.14. The van der Waals surface area contributed by atoms with Crippen LogP contribution in [0.25, 0.3) is 0 Å². The molecule has 21 heavy (non-hydrogen) atoms. The van der Waals surface area contributed by atoms with E-state index in [1.807, 2.05) is 0 Å². The minimum absolute atomic E-state index is 0.0909. The van der Waals surface area contributed by atoms with Crippen LogP contribution in [0.2, 0.25) is 0 Å². The largest absolute Gasteiger partial charge is 0.459 e. The maximum atomic E-state index is 12.1. The lowest BCUT2D eigenvalue weighted by Gasteiger charge is -2.31. The van der Waals surface area contributed by atoms with Gasteiger partial charge >= 0.3 is 5.97 Å². The summed E-state index contributed by atoms with van der Waals surface area (Å²) in [5, 5.41) is 0. The van der Waals surface area contributed by atoms with Crippen molar-refractivity contribution < 1.29 is 31.2 Å². The van der Waals surface area contributed by atoms with Crippen molar-refractivity contribution in [3.63, 3.8) is 0 Å². The Morgan fingerprint density at radius 2 is 1.57 bits per heavy atom. The summed E-state index contributed by atoms with van der Waals surface area (Å²) in [4.78, 5) is 23.9. The van der Waals surface area contributed by atoms with Crippen LogP contribution in [0.4, 0.5) is 0 Å². The third kappa shape index (κ3) is 5.71. The molecule has 0 saturated carbocycles. The molecule has 0 bridgehead atoms. The summed E-state index contributed by atoms with van der Waals surface area (Å²) >= 11 is 0. The quantitative estimate of drug-likeness (QED) is 0.400. The van der Waals surface area contributed by atoms with Gasteiger partial charge in [-0.3, -0.25) is 9.59 Å². The second-order valence-corrected chi connectivity index (χ2v) is 9.01. The van der Waals surface area contributed by atoms with Gasteiger partial charge in [-0.25, -0.2) is 16.8 Å². The fourth-order valence-electron chi connectivity index (χ4n) is 1.28. The molecule has 0 rings (SSSR count). The lowest BCUT2D eigenvalue weighted by Crippen LogP contribution is -2.49. The Morgan fingerprint density at radius 3 is 1.81 bits per heavy atom. The Balaban J connectivity index is 5.70. The summed E-state index contributed by atoms with van der Waals surface area (Å²) in [5.41, 5.74) is -2.81. The number of thiol groups is 1. The highest BCUT2D eigenvalue weighted by molar-refractivity contribution is 7.96. The highest BCUT2D eigenvalue weighted by Crippen LogP contribution is 2.26. The van der Waals surface area contributed by atoms with E-state index < -0.39 is 50.2 Å². The van der Waals surface area contributed by atoms with Crippen molar-refractivity contribution in [1.82, 2.24) is 3.71 Å². The molecule has 124 valence electrons. The van der Waals surface area contributed by atoms with Gasteiger partial charge in [0.2, 0.25) is 20.9 Å². The number of sulfonamides is 1. The number of hydrogen-bond acceptors (Lipinski definition) is 7. The third-order valence-electron chi connectivity index (χ3n) is 2.64. The second-order valence-electron chi connectivity index (χ2n) is 5.87. The molecule has 0 saturated heterocycles. The topological polar surface area (TPSA) is 115 Å². The van der Waals surface area contributed by atoms with Gasteiger partial charge in [-0.05, 0) is 34.6 Å². The first kappa shape index (κ1) is 20.0. The number of carbonyl (C=O) groups is 2. The van der Waals surface area contributed by atoms with Gasteiger partial charge in [0.25, 0.3) is 0 Å². The van der Waals surface area contributed by atoms with Crippen LogP contribution in [0.15, 0.2) is 0 Å². The van der Waals surface area contributed by atoms with E-state index in [-0.39, 0.29) is 3.71 Å². The first-order valence-corrected chi connectivity index (χ1v) is 8.95. The molecule has 1 unspecified atom stereocenters. The predicted octanol–water partition coefficient (Wildman–Crippen LogP) is -0.289. The molecular formula is C11H21NO7S2. The van der Waals surface area contributed by atoms with Crippen LogP contribution in [-0.4, -0.2) is 50.7 Å². The molecule has 10 heteroatoms. The van der Waals surface area contributed by atoms with E-state index in [1.54, 1.807) is 20.8 Å². The summed E-state index contributed by atoms with van der Waals surface area (Å²) in [6.07, 6.45) is 0.674. The van der Waals surface area contributed by atoms with Gasteiger partial charge in [0.15, 0.2) is 0 Å². The summed E-state index contributed by atoms with van der Waals surface area (Å²) < 4.78 is 50.2. The van der Waals surface area contributed by atoms with Gasteiger partial charge in [0, 0.05) is 0 Å². The molecule has 1 atom stereocenters. The van der Waals surface area contributed by atoms with Crippen molar-refractivity contribution >= 4 is 32.7 Å². The molecule has 0 aromatic rings. The van der Waals surface area contributed by atoms with Crippen molar-refractivity contribution in [1.29, 1.82) is 0 Å². The van der Waals surface area contributed by atoms with Crippen molar-refractivity contribution in [2.75, 3.05) is 12.8 Å². The van der Waals surface area contributed by atoms with Crippen LogP contribution < -0.4 is 0 Å². The number of ether oxygens (including phenoxy) is 1. The van der Waals surface area contributed by atoms with Gasteiger partial charge in [-0.2, -0.15) is 0 Å². The van der Waals surface area contributed by atoms with E-state index >= 15 is 0 Å². The molecule has 0 spiro atoms. The van der Waals surface area contributed by atoms with Crippen molar-refractivity contribution in [2.45, 2.75) is 40.2 Å². The molecule has 0 N–H and O–H groups in total. The Hall–Kier alpha value is -1.00. The van der Waals surface area contributed by atoms with Crippen LogP contribution >= 0.6 is 0 Å². The molecule has 0 heterocycles. The van der Waals surface area contributed by atoms with Crippen molar-refractivity contribution in [2.24, 2.45) is 5.41 Å². The zero-order valence-corrected chi connectivity index (χ0v) is 14.6. The maximum Gasteiger partial charge on any atom is 0.321 e. The van der Waals surface area contributed by atoms with E-state index in [2.05, 4.69) is 0 Å². The number of Topliss-reactive ketones (excluding diaryl/α,β-unsaturated/α-hetero) is 1. The molecule has 0 aliphatic heterocycles. The van der Waals surface area contributed by atoms with E-state index in [1.165, 1.54) is 0 Å². The molecule has 8 nitrogen and oxygen atoms in total. The van der Waals surface area contributed by atoms with Gasteiger partial charge in [-0.1, -0.05) is 3.71 Å². The lowest BCUT2D eigenvalue weighted by molar-refractivity contribution is -0.169. The number of nitrogens with zero attached hydrogens (tertiary/aromatic N) is 1.